The van der Waals surface area contributed by atoms with Crippen molar-refractivity contribution in [1.29, 1.82) is 0 Å². The molecule has 1 heterocycles. The van der Waals surface area contributed by atoms with Gasteiger partial charge < -0.3 is 10.1 Å². The zero-order valence-electron chi connectivity index (χ0n) is 12.1. The van der Waals surface area contributed by atoms with Crippen LogP contribution < -0.4 is 10.1 Å². The van der Waals surface area contributed by atoms with Gasteiger partial charge in [-0.05, 0) is 49.7 Å². The third-order valence-corrected chi connectivity index (χ3v) is 3.16. The van der Waals surface area contributed by atoms with Crippen molar-refractivity contribution in [2.45, 2.75) is 19.4 Å². The van der Waals surface area contributed by atoms with E-state index in [0.29, 0.717) is 24.3 Å². The highest BCUT2D eigenvalue weighted by molar-refractivity contribution is 5.28. The number of aromatic nitrogens is 1. The zero-order valence-corrected chi connectivity index (χ0v) is 12.1. The molecule has 0 amide bonds. The average Bonchev–Trinajstić information content (AvgIpc) is 2.44. The summed E-state index contributed by atoms with van der Waals surface area (Å²) in [4.78, 5) is 4.14. The van der Waals surface area contributed by atoms with E-state index >= 15 is 0 Å². The molecule has 0 aliphatic heterocycles. The summed E-state index contributed by atoms with van der Waals surface area (Å²) in [6.07, 6.45) is 3.82. The number of hydrogen-bond donors (Lipinski definition) is 1. The maximum atomic E-state index is 13.3. The van der Waals surface area contributed by atoms with Crippen LogP contribution in [0.25, 0.3) is 0 Å². The summed E-state index contributed by atoms with van der Waals surface area (Å²) < 4.78 is 31.9. The lowest BCUT2D eigenvalue weighted by atomic mass is 10.00. The number of benzene rings is 1. The second-order valence-corrected chi connectivity index (χ2v) is 4.71. The van der Waals surface area contributed by atoms with Gasteiger partial charge in [-0.2, -0.15) is 0 Å². The molecule has 1 aromatic heterocycles. The van der Waals surface area contributed by atoms with Gasteiger partial charge >= 0.3 is 0 Å². The standard InChI is InChI=1S/C16H18F2N2O/c1-3-21-15-7-12(9-20-10-15)16(19-2)6-11-4-13(17)8-14(18)5-11/h4-5,7-10,16,19H,3,6H2,1-2H3. The van der Waals surface area contributed by atoms with E-state index in [0.717, 1.165) is 11.6 Å². The molecule has 0 saturated heterocycles. The van der Waals surface area contributed by atoms with Crippen molar-refractivity contribution in [3.05, 3.63) is 59.4 Å². The first-order valence-electron chi connectivity index (χ1n) is 6.82. The molecule has 2 rings (SSSR count). The molecular weight excluding hydrogens is 274 g/mol. The van der Waals surface area contributed by atoms with Crippen LogP contribution in [0, 0.1) is 11.6 Å². The number of rotatable bonds is 6. The first kappa shape index (κ1) is 15.4. The van der Waals surface area contributed by atoms with Crippen molar-refractivity contribution in [2.24, 2.45) is 0 Å². The van der Waals surface area contributed by atoms with Crippen molar-refractivity contribution in [2.75, 3.05) is 13.7 Å². The fourth-order valence-corrected chi connectivity index (χ4v) is 2.22. The van der Waals surface area contributed by atoms with Crippen molar-refractivity contribution in [3.8, 4) is 5.75 Å². The zero-order chi connectivity index (χ0) is 15.2. The predicted octanol–water partition coefficient (Wildman–Crippen LogP) is 3.26. The topological polar surface area (TPSA) is 34.1 Å². The average molecular weight is 292 g/mol. The largest absolute Gasteiger partial charge is 0.492 e. The predicted molar refractivity (Wildman–Crippen MR) is 77.3 cm³/mol. The molecule has 0 aliphatic rings. The first-order chi connectivity index (χ1) is 10.1. The van der Waals surface area contributed by atoms with Crippen LogP contribution in [0.15, 0.2) is 36.7 Å². The first-order valence-corrected chi connectivity index (χ1v) is 6.82. The SMILES string of the molecule is CCOc1cncc(C(Cc2cc(F)cc(F)c2)NC)c1. The van der Waals surface area contributed by atoms with Crippen LogP contribution in [-0.4, -0.2) is 18.6 Å². The number of hydrogen-bond acceptors (Lipinski definition) is 3. The van der Waals surface area contributed by atoms with Gasteiger partial charge in [0.1, 0.15) is 17.4 Å². The Morgan fingerprint density at radius 3 is 2.48 bits per heavy atom. The molecule has 5 heteroatoms. The lowest BCUT2D eigenvalue weighted by Gasteiger charge is -2.17. The van der Waals surface area contributed by atoms with Gasteiger partial charge in [0, 0.05) is 18.3 Å². The van der Waals surface area contributed by atoms with Gasteiger partial charge in [0.05, 0.1) is 12.8 Å². The lowest BCUT2D eigenvalue weighted by Crippen LogP contribution is -2.19. The highest BCUT2D eigenvalue weighted by atomic mass is 19.1. The molecular formula is C16H18F2N2O. The molecule has 1 aromatic carbocycles. The molecule has 0 bridgehead atoms. The maximum Gasteiger partial charge on any atom is 0.137 e. The Bertz CT molecular complexity index is 584. The number of pyridine rings is 1. The van der Waals surface area contributed by atoms with Gasteiger partial charge in [-0.1, -0.05) is 0 Å². The highest BCUT2D eigenvalue weighted by Crippen LogP contribution is 2.22. The Hall–Kier alpha value is -2.01. The van der Waals surface area contributed by atoms with E-state index in [9.17, 15) is 8.78 Å². The second kappa shape index (κ2) is 7.13. The van der Waals surface area contributed by atoms with Crippen molar-refractivity contribution < 1.29 is 13.5 Å². The number of nitrogens with one attached hydrogen (secondary N) is 1. The Labute approximate surface area is 123 Å². The van der Waals surface area contributed by atoms with Crippen molar-refractivity contribution in [1.82, 2.24) is 10.3 Å². The molecule has 1 unspecified atom stereocenters. The van der Waals surface area contributed by atoms with E-state index < -0.39 is 11.6 Å². The minimum Gasteiger partial charge on any atom is -0.492 e. The molecule has 0 fully saturated rings. The normalized spacial score (nSPS) is 12.2. The summed E-state index contributed by atoms with van der Waals surface area (Å²) >= 11 is 0. The number of ether oxygens (including phenoxy) is 1. The summed E-state index contributed by atoms with van der Waals surface area (Å²) in [7, 11) is 1.80. The maximum absolute atomic E-state index is 13.3. The van der Waals surface area contributed by atoms with Gasteiger partial charge in [0.2, 0.25) is 0 Å². The van der Waals surface area contributed by atoms with Crippen LogP contribution in [0.5, 0.6) is 5.75 Å². The van der Waals surface area contributed by atoms with Crippen LogP contribution in [0.4, 0.5) is 8.78 Å². The molecule has 21 heavy (non-hydrogen) atoms. The van der Waals surface area contributed by atoms with E-state index in [1.807, 2.05) is 13.0 Å². The fraction of sp³-hybridized carbons (Fsp3) is 0.312. The van der Waals surface area contributed by atoms with Gasteiger partial charge in [-0.25, -0.2) is 8.78 Å². The molecule has 0 radical (unpaired) electrons. The quantitative estimate of drug-likeness (QED) is 0.887. The van der Waals surface area contributed by atoms with E-state index in [2.05, 4.69) is 10.3 Å². The monoisotopic (exact) mass is 292 g/mol. The van der Waals surface area contributed by atoms with Crippen LogP contribution in [0.1, 0.15) is 24.1 Å². The molecule has 3 nitrogen and oxygen atoms in total. The minimum atomic E-state index is -0.568. The summed E-state index contributed by atoms with van der Waals surface area (Å²) in [5.41, 5.74) is 1.50. The van der Waals surface area contributed by atoms with Crippen molar-refractivity contribution >= 4 is 0 Å². The summed E-state index contributed by atoms with van der Waals surface area (Å²) in [5, 5.41) is 3.13. The van der Waals surface area contributed by atoms with Gasteiger partial charge in [-0.3, -0.25) is 4.98 Å². The van der Waals surface area contributed by atoms with Gasteiger partial charge in [0.25, 0.3) is 0 Å². The van der Waals surface area contributed by atoms with Gasteiger partial charge in [0.15, 0.2) is 0 Å². The lowest BCUT2D eigenvalue weighted by molar-refractivity contribution is 0.338. The summed E-state index contributed by atoms with van der Waals surface area (Å²) in [6, 6.07) is 5.34. The Morgan fingerprint density at radius 2 is 1.86 bits per heavy atom. The van der Waals surface area contributed by atoms with E-state index in [1.54, 1.807) is 19.4 Å². The molecule has 112 valence electrons. The smallest absolute Gasteiger partial charge is 0.137 e. The van der Waals surface area contributed by atoms with Crippen LogP contribution in [0.3, 0.4) is 0 Å². The molecule has 0 saturated carbocycles. The molecule has 1 N–H and O–H groups in total. The van der Waals surface area contributed by atoms with E-state index in [-0.39, 0.29) is 6.04 Å². The van der Waals surface area contributed by atoms with Crippen LogP contribution >= 0.6 is 0 Å². The van der Waals surface area contributed by atoms with Crippen LogP contribution in [0.2, 0.25) is 0 Å². The molecule has 2 aromatic rings. The summed E-state index contributed by atoms with van der Waals surface area (Å²) in [5.74, 6) is -0.456. The summed E-state index contributed by atoms with van der Waals surface area (Å²) in [6.45, 7) is 2.46. The molecule has 0 aliphatic carbocycles. The fourth-order valence-electron chi connectivity index (χ4n) is 2.22. The highest BCUT2D eigenvalue weighted by Gasteiger charge is 2.13. The minimum absolute atomic E-state index is 0.0980. The van der Waals surface area contributed by atoms with Gasteiger partial charge in [-0.15, -0.1) is 0 Å². The number of nitrogens with zero attached hydrogens (tertiary/aromatic N) is 1. The molecule has 0 spiro atoms. The Kier molecular flexibility index (Phi) is 5.22. The number of likely N-dealkylation sites (N-methyl/N-ethyl adjacent to an activating group) is 1. The third-order valence-electron chi connectivity index (χ3n) is 3.16. The second-order valence-electron chi connectivity index (χ2n) is 4.71. The van der Waals surface area contributed by atoms with E-state index in [4.69, 9.17) is 4.74 Å². The number of halogens is 2. The Morgan fingerprint density at radius 1 is 1.14 bits per heavy atom. The van der Waals surface area contributed by atoms with E-state index in [1.165, 1.54) is 12.1 Å². The third kappa shape index (κ3) is 4.23. The van der Waals surface area contributed by atoms with Crippen LogP contribution in [-0.2, 0) is 6.42 Å². The molecule has 1 atom stereocenters. The Balaban J connectivity index is 2.21. The van der Waals surface area contributed by atoms with Crippen molar-refractivity contribution in [3.63, 3.8) is 0 Å².